The Morgan fingerprint density at radius 2 is 1.78 bits per heavy atom. The van der Waals surface area contributed by atoms with Crippen LogP contribution in [0, 0.1) is 11.3 Å². The molecule has 0 aliphatic carbocycles. The molecule has 0 saturated heterocycles. The summed E-state index contributed by atoms with van der Waals surface area (Å²) in [4.78, 5) is 24.4. The largest absolute Gasteiger partial charge is 0.479 e. The van der Waals surface area contributed by atoms with Crippen LogP contribution in [0.2, 0.25) is 0 Å². The van der Waals surface area contributed by atoms with Crippen molar-refractivity contribution in [2.24, 2.45) is 0 Å². The highest BCUT2D eigenvalue weighted by molar-refractivity contribution is 5.94. The number of nitrogens with one attached hydrogen (secondary N) is 1. The molecule has 27 heavy (non-hydrogen) atoms. The van der Waals surface area contributed by atoms with E-state index in [0.717, 1.165) is 0 Å². The zero-order valence-corrected chi connectivity index (χ0v) is 15.7. The number of benzene rings is 1. The van der Waals surface area contributed by atoms with Crippen molar-refractivity contribution in [1.82, 2.24) is 9.78 Å². The highest BCUT2D eigenvalue weighted by Crippen LogP contribution is 2.15. The molecule has 142 valence electrons. The molecule has 0 aliphatic heterocycles. The summed E-state index contributed by atoms with van der Waals surface area (Å²) in [5.41, 5.74) is 0.489. The lowest BCUT2D eigenvalue weighted by molar-refractivity contribution is -0.159. The maximum absolute atomic E-state index is 12.3. The van der Waals surface area contributed by atoms with Crippen LogP contribution in [0.1, 0.15) is 39.3 Å². The Morgan fingerprint density at radius 1 is 1.11 bits per heavy atom. The van der Waals surface area contributed by atoms with Crippen LogP contribution in [0.15, 0.2) is 36.5 Å². The van der Waals surface area contributed by atoms with Gasteiger partial charge in [-0.25, -0.2) is 9.48 Å². The highest BCUT2D eigenvalue weighted by atomic mass is 16.6. The molecule has 2 rings (SSSR count). The first-order chi connectivity index (χ1) is 12.8. The molecule has 0 fully saturated rings. The van der Waals surface area contributed by atoms with E-state index in [0.29, 0.717) is 17.1 Å². The first kappa shape index (κ1) is 20.0. The lowest BCUT2D eigenvalue weighted by Crippen LogP contribution is -2.35. The van der Waals surface area contributed by atoms with Gasteiger partial charge in [-0.1, -0.05) is 0 Å². The van der Waals surface area contributed by atoms with E-state index in [-0.39, 0.29) is 6.04 Å². The maximum atomic E-state index is 12.3. The van der Waals surface area contributed by atoms with Crippen LogP contribution < -0.4 is 10.1 Å². The van der Waals surface area contributed by atoms with Gasteiger partial charge in [-0.05, 0) is 52.0 Å². The van der Waals surface area contributed by atoms with E-state index >= 15 is 0 Å². The average molecular weight is 370 g/mol. The van der Waals surface area contributed by atoms with Gasteiger partial charge in [0.05, 0.1) is 17.8 Å². The second-order valence-corrected chi connectivity index (χ2v) is 6.22. The predicted molar refractivity (Wildman–Crippen MR) is 98.0 cm³/mol. The fourth-order valence-electron chi connectivity index (χ4n) is 2.24. The number of carbonyl (C=O) groups is 2. The van der Waals surface area contributed by atoms with Gasteiger partial charge in [0.25, 0.3) is 5.91 Å². The first-order valence-electron chi connectivity index (χ1n) is 8.53. The second-order valence-electron chi connectivity index (χ2n) is 6.22. The number of nitrogens with zero attached hydrogens (tertiary/aromatic N) is 3. The molecular weight excluding hydrogens is 348 g/mol. The van der Waals surface area contributed by atoms with Crippen molar-refractivity contribution in [3.8, 4) is 11.8 Å². The van der Waals surface area contributed by atoms with Gasteiger partial charge in [-0.15, -0.1) is 0 Å². The van der Waals surface area contributed by atoms with Gasteiger partial charge in [0.15, 0.2) is 12.2 Å². The van der Waals surface area contributed by atoms with Crippen molar-refractivity contribution >= 4 is 17.7 Å². The van der Waals surface area contributed by atoms with E-state index < -0.39 is 24.1 Å². The Hall–Kier alpha value is -3.34. The van der Waals surface area contributed by atoms with E-state index in [4.69, 9.17) is 14.7 Å². The van der Waals surface area contributed by atoms with Gasteiger partial charge >= 0.3 is 5.97 Å². The minimum Gasteiger partial charge on any atom is -0.479 e. The van der Waals surface area contributed by atoms with Gasteiger partial charge in [-0.3, -0.25) is 4.79 Å². The number of esters is 1. The molecule has 1 amide bonds. The molecule has 1 aromatic heterocycles. The van der Waals surface area contributed by atoms with Crippen LogP contribution >= 0.6 is 0 Å². The van der Waals surface area contributed by atoms with Crippen molar-refractivity contribution in [2.75, 3.05) is 5.32 Å². The van der Waals surface area contributed by atoms with Crippen LogP contribution in [0.4, 0.5) is 5.82 Å². The summed E-state index contributed by atoms with van der Waals surface area (Å²) in [6.45, 7) is 6.89. The van der Waals surface area contributed by atoms with E-state index in [1.807, 2.05) is 19.9 Å². The van der Waals surface area contributed by atoms with E-state index in [9.17, 15) is 9.59 Å². The molecule has 0 unspecified atom stereocenters. The summed E-state index contributed by atoms with van der Waals surface area (Å²) in [6, 6.07) is 10.1. The van der Waals surface area contributed by atoms with Gasteiger partial charge < -0.3 is 14.8 Å². The summed E-state index contributed by atoms with van der Waals surface area (Å²) in [5, 5.41) is 15.6. The molecule has 8 nitrogen and oxygen atoms in total. The molecule has 8 heteroatoms. The van der Waals surface area contributed by atoms with Crippen molar-refractivity contribution in [2.45, 2.75) is 45.9 Å². The minimum atomic E-state index is -1.000. The van der Waals surface area contributed by atoms with Gasteiger partial charge in [0.1, 0.15) is 11.6 Å². The summed E-state index contributed by atoms with van der Waals surface area (Å²) in [6.07, 6.45) is -0.325. The molecule has 0 radical (unpaired) electrons. The van der Waals surface area contributed by atoms with Gasteiger partial charge in [-0.2, -0.15) is 10.4 Å². The topological polar surface area (TPSA) is 106 Å². The number of nitriles is 1. The molecule has 2 atom stereocenters. The Labute approximate surface area is 157 Å². The Kier molecular flexibility index (Phi) is 6.55. The van der Waals surface area contributed by atoms with Crippen molar-refractivity contribution in [3.05, 3.63) is 42.1 Å². The first-order valence-corrected chi connectivity index (χ1v) is 8.53. The van der Waals surface area contributed by atoms with Crippen LogP contribution in [0.25, 0.3) is 0 Å². The standard InChI is InChI=1S/C19H22N4O4/c1-12(2)23-17(9-10-21-23)22-18(24)13(3)27-19(25)14(4)26-16-7-5-15(11-20)6-8-16/h5-10,12-14H,1-4H3,(H,22,24)/t13-,14-/m1/s1. The number of anilines is 1. The number of hydrogen-bond donors (Lipinski definition) is 1. The Balaban J connectivity index is 1.90. The summed E-state index contributed by atoms with van der Waals surface area (Å²) < 4.78 is 12.3. The highest BCUT2D eigenvalue weighted by Gasteiger charge is 2.24. The van der Waals surface area contributed by atoms with Crippen molar-refractivity contribution in [3.63, 3.8) is 0 Å². The zero-order chi connectivity index (χ0) is 20.0. The number of rotatable bonds is 7. The van der Waals surface area contributed by atoms with Crippen LogP contribution in [-0.4, -0.2) is 33.9 Å². The predicted octanol–water partition coefficient (Wildman–Crippen LogP) is 2.67. The Bertz CT molecular complexity index is 836. The fourth-order valence-corrected chi connectivity index (χ4v) is 2.24. The zero-order valence-electron chi connectivity index (χ0n) is 15.7. The molecule has 2 aromatic rings. The van der Waals surface area contributed by atoms with Crippen LogP contribution in [0.3, 0.4) is 0 Å². The molecule has 1 aromatic carbocycles. The molecule has 0 spiro atoms. The third-order valence-electron chi connectivity index (χ3n) is 3.70. The summed E-state index contributed by atoms with van der Waals surface area (Å²) in [5.74, 6) is -0.174. The molecular formula is C19H22N4O4. The van der Waals surface area contributed by atoms with Crippen LogP contribution in [-0.2, 0) is 14.3 Å². The fraction of sp³-hybridized carbons (Fsp3) is 0.368. The number of hydrogen-bond acceptors (Lipinski definition) is 6. The van der Waals surface area contributed by atoms with Crippen LogP contribution in [0.5, 0.6) is 5.75 Å². The monoisotopic (exact) mass is 370 g/mol. The molecule has 1 N–H and O–H groups in total. The second kappa shape index (κ2) is 8.85. The molecule has 0 aliphatic rings. The SMILES string of the molecule is CC(C)n1nccc1NC(=O)[C@@H](C)OC(=O)[C@@H](C)Oc1ccc(C#N)cc1. The normalized spacial score (nSPS) is 12.7. The summed E-state index contributed by atoms with van der Waals surface area (Å²) in [7, 11) is 0. The lowest BCUT2D eigenvalue weighted by atomic mass is 10.2. The van der Waals surface area contributed by atoms with Crippen molar-refractivity contribution in [1.29, 1.82) is 5.26 Å². The maximum Gasteiger partial charge on any atom is 0.347 e. The van der Waals surface area contributed by atoms with E-state index in [1.54, 1.807) is 41.2 Å². The molecule has 0 saturated carbocycles. The lowest BCUT2D eigenvalue weighted by Gasteiger charge is -2.18. The van der Waals surface area contributed by atoms with Crippen molar-refractivity contribution < 1.29 is 19.1 Å². The summed E-state index contributed by atoms with van der Waals surface area (Å²) >= 11 is 0. The third kappa shape index (κ3) is 5.31. The number of ether oxygens (including phenoxy) is 2. The smallest absolute Gasteiger partial charge is 0.347 e. The number of aromatic nitrogens is 2. The molecule has 0 bridgehead atoms. The Morgan fingerprint density at radius 3 is 2.37 bits per heavy atom. The minimum absolute atomic E-state index is 0.0778. The van der Waals surface area contributed by atoms with E-state index in [2.05, 4.69) is 10.4 Å². The number of amides is 1. The number of carbonyl (C=O) groups excluding carboxylic acids is 2. The quantitative estimate of drug-likeness (QED) is 0.751. The average Bonchev–Trinajstić information content (AvgIpc) is 3.10. The van der Waals surface area contributed by atoms with Gasteiger partial charge in [0.2, 0.25) is 0 Å². The van der Waals surface area contributed by atoms with E-state index in [1.165, 1.54) is 13.8 Å². The van der Waals surface area contributed by atoms with Gasteiger partial charge in [0, 0.05) is 12.1 Å². The molecule has 1 heterocycles. The third-order valence-corrected chi connectivity index (χ3v) is 3.70.